The molecule has 3 rings (SSSR count). The summed E-state index contributed by atoms with van der Waals surface area (Å²) in [4.78, 5) is 26.2. The molecule has 3 heterocycles. The first kappa shape index (κ1) is 18.2. The summed E-state index contributed by atoms with van der Waals surface area (Å²) in [7, 11) is 0. The monoisotopic (exact) mass is 392 g/mol. The average Bonchev–Trinajstić information content (AvgIpc) is 3.21. The van der Waals surface area contributed by atoms with Crippen molar-refractivity contribution in [1.82, 2.24) is 9.97 Å². The van der Waals surface area contributed by atoms with Gasteiger partial charge in [0, 0.05) is 22.4 Å². The molecule has 132 valence electrons. The lowest BCUT2D eigenvalue weighted by atomic mass is 10.1. The number of nitrogens with two attached hydrogens (primary N) is 1. The SMILES string of the molecule is CC(C)CCN=C(N)SCc1nc2scc(-c3cccs3)c2c(=O)[nH]1. The number of thioether (sulfide) groups is 1. The maximum atomic E-state index is 12.5. The highest BCUT2D eigenvalue weighted by molar-refractivity contribution is 8.13. The van der Waals surface area contributed by atoms with E-state index in [1.54, 1.807) is 11.3 Å². The van der Waals surface area contributed by atoms with E-state index >= 15 is 0 Å². The van der Waals surface area contributed by atoms with Gasteiger partial charge in [0.15, 0.2) is 5.17 Å². The van der Waals surface area contributed by atoms with E-state index in [0.717, 1.165) is 28.2 Å². The molecule has 25 heavy (non-hydrogen) atoms. The van der Waals surface area contributed by atoms with Crippen molar-refractivity contribution < 1.29 is 0 Å². The molecule has 5 nitrogen and oxygen atoms in total. The summed E-state index contributed by atoms with van der Waals surface area (Å²) in [6.45, 7) is 5.05. The summed E-state index contributed by atoms with van der Waals surface area (Å²) < 4.78 is 0. The van der Waals surface area contributed by atoms with Gasteiger partial charge in [0.1, 0.15) is 10.7 Å². The molecule has 0 bridgehead atoms. The second-order valence-electron chi connectivity index (χ2n) is 6.01. The molecule has 0 radical (unpaired) electrons. The second-order valence-corrected chi connectivity index (χ2v) is 8.81. The van der Waals surface area contributed by atoms with Crippen molar-refractivity contribution in [1.29, 1.82) is 0 Å². The standard InChI is InChI=1S/C17H20N4OS3/c1-10(2)5-6-19-17(18)25-9-13-20-15(22)14-11(8-24-16(14)21-13)12-4-3-7-23-12/h3-4,7-8,10H,5-6,9H2,1-2H3,(H2,18,19)(H,20,21,22). The van der Waals surface area contributed by atoms with Crippen LogP contribution >= 0.6 is 34.4 Å². The Kier molecular flexibility index (Phi) is 5.93. The molecule has 0 aliphatic heterocycles. The zero-order chi connectivity index (χ0) is 17.8. The van der Waals surface area contributed by atoms with E-state index < -0.39 is 0 Å². The normalized spacial score (nSPS) is 12.4. The highest BCUT2D eigenvalue weighted by Gasteiger charge is 2.13. The second kappa shape index (κ2) is 8.16. The van der Waals surface area contributed by atoms with Crippen LogP contribution in [0.25, 0.3) is 20.7 Å². The number of rotatable bonds is 6. The Bertz CT molecular complexity index is 925. The van der Waals surface area contributed by atoms with Gasteiger partial charge in [0.05, 0.1) is 11.1 Å². The molecule has 0 atom stereocenters. The van der Waals surface area contributed by atoms with Crippen LogP contribution in [0.5, 0.6) is 0 Å². The summed E-state index contributed by atoms with van der Waals surface area (Å²) in [6.07, 6.45) is 1.02. The van der Waals surface area contributed by atoms with Crippen LogP contribution in [0, 0.1) is 5.92 Å². The van der Waals surface area contributed by atoms with Crippen molar-refractivity contribution in [2.75, 3.05) is 6.54 Å². The van der Waals surface area contributed by atoms with Crippen molar-refractivity contribution in [2.45, 2.75) is 26.0 Å². The van der Waals surface area contributed by atoms with Crippen molar-refractivity contribution in [2.24, 2.45) is 16.6 Å². The number of hydrogen-bond acceptors (Lipinski definition) is 6. The molecular weight excluding hydrogens is 372 g/mol. The van der Waals surface area contributed by atoms with Crippen molar-refractivity contribution in [3.05, 3.63) is 39.1 Å². The summed E-state index contributed by atoms with van der Waals surface area (Å²) in [5.41, 5.74) is 6.78. The summed E-state index contributed by atoms with van der Waals surface area (Å²) >= 11 is 4.52. The Hall–Kier alpha value is -1.64. The summed E-state index contributed by atoms with van der Waals surface area (Å²) in [5, 5.41) is 5.21. The molecule has 8 heteroatoms. The lowest BCUT2D eigenvalue weighted by Crippen LogP contribution is -2.13. The molecule has 0 aliphatic carbocycles. The van der Waals surface area contributed by atoms with Crippen LogP contribution in [-0.2, 0) is 5.75 Å². The van der Waals surface area contributed by atoms with Crippen molar-refractivity contribution in [3.8, 4) is 10.4 Å². The van der Waals surface area contributed by atoms with E-state index in [1.165, 1.54) is 23.1 Å². The Labute approximate surface area is 158 Å². The molecule has 0 spiro atoms. The van der Waals surface area contributed by atoms with Crippen molar-refractivity contribution >= 4 is 49.8 Å². The van der Waals surface area contributed by atoms with Gasteiger partial charge in [0.25, 0.3) is 5.56 Å². The highest BCUT2D eigenvalue weighted by Crippen LogP contribution is 2.33. The third-order valence-electron chi connectivity index (χ3n) is 3.61. The minimum atomic E-state index is -0.0967. The fourth-order valence-corrected chi connectivity index (χ4v) is 4.68. The predicted octanol–water partition coefficient (Wildman–Crippen LogP) is 4.31. The average molecular weight is 393 g/mol. The Morgan fingerprint density at radius 3 is 3.00 bits per heavy atom. The molecule has 3 aromatic heterocycles. The van der Waals surface area contributed by atoms with Crippen LogP contribution in [0.4, 0.5) is 0 Å². The largest absolute Gasteiger partial charge is 0.379 e. The van der Waals surface area contributed by atoms with Gasteiger partial charge < -0.3 is 10.7 Å². The molecule has 0 saturated carbocycles. The minimum absolute atomic E-state index is 0.0967. The zero-order valence-corrected chi connectivity index (χ0v) is 16.6. The zero-order valence-electron chi connectivity index (χ0n) is 14.1. The van der Waals surface area contributed by atoms with Gasteiger partial charge in [-0.25, -0.2) is 4.98 Å². The van der Waals surface area contributed by atoms with E-state index in [0.29, 0.717) is 28.0 Å². The Morgan fingerprint density at radius 2 is 2.28 bits per heavy atom. The van der Waals surface area contributed by atoms with Gasteiger partial charge in [-0.3, -0.25) is 9.79 Å². The summed E-state index contributed by atoms with van der Waals surface area (Å²) in [6, 6.07) is 4.00. The summed E-state index contributed by atoms with van der Waals surface area (Å²) in [5.74, 6) is 1.75. The lowest BCUT2D eigenvalue weighted by Gasteiger charge is -2.03. The van der Waals surface area contributed by atoms with E-state index in [2.05, 4.69) is 28.8 Å². The number of aliphatic imine (C=N–C) groups is 1. The van der Waals surface area contributed by atoms with Gasteiger partial charge in [-0.2, -0.15) is 0 Å². The molecule has 0 unspecified atom stereocenters. The number of nitrogens with zero attached hydrogens (tertiary/aromatic N) is 2. The first-order valence-corrected chi connectivity index (χ1v) is 10.8. The van der Waals surface area contributed by atoms with E-state index in [1.807, 2.05) is 22.9 Å². The molecule has 0 amide bonds. The highest BCUT2D eigenvalue weighted by atomic mass is 32.2. The predicted molar refractivity (Wildman–Crippen MR) is 111 cm³/mol. The van der Waals surface area contributed by atoms with E-state index in [-0.39, 0.29) is 5.56 Å². The van der Waals surface area contributed by atoms with Gasteiger partial charge in [-0.15, -0.1) is 22.7 Å². The van der Waals surface area contributed by atoms with E-state index in [9.17, 15) is 4.79 Å². The molecular formula is C17H20N4OS3. The smallest absolute Gasteiger partial charge is 0.260 e. The Balaban J connectivity index is 1.75. The van der Waals surface area contributed by atoms with Gasteiger partial charge >= 0.3 is 0 Å². The molecule has 0 fully saturated rings. The third kappa shape index (κ3) is 4.50. The third-order valence-corrected chi connectivity index (χ3v) is 6.23. The number of hydrogen-bond donors (Lipinski definition) is 2. The number of fused-ring (bicyclic) bond motifs is 1. The molecule has 0 saturated heterocycles. The van der Waals surface area contributed by atoms with Crippen molar-refractivity contribution in [3.63, 3.8) is 0 Å². The van der Waals surface area contributed by atoms with E-state index in [4.69, 9.17) is 5.73 Å². The van der Waals surface area contributed by atoms with Crippen LogP contribution in [0.2, 0.25) is 0 Å². The number of H-pyrrole nitrogens is 1. The van der Waals surface area contributed by atoms with Crippen LogP contribution in [0.1, 0.15) is 26.1 Å². The van der Waals surface area contributed by atoms with Gasteiger partial charge in [0.2, 0.25) is 0 Å². The maximum Gasteiger partial charge on any atom is 0.260 e. The molecule has 0 aromatic carbocycles. The molecule has 0 aliphatic rings. The number of aromatic amines is 1. The number of nitrogens with one attached hydrogen (secondary N) is 1. The minimum Gasteiger partial charge on any atom is -0.379 e. The fourth-order valence-electron chi connectivity index (χ4n) is 2.30. The maximum absolute atomic E-state index is 12.5. The van der Waals surface area contributed by atoms with Crippen LogP contribution in [-0.4, -0.2) is 21.7 Å². The van der Waals surface area contributed by atoms with Gasteiger partial charge in [-0.05, 0) is 23.8 Å². The number of aromatic nitrogens is 2. The number of thiophene rings is 2. The van der Waals surface area contributed by atoms with Crippen LogP contribution in [0.15, 0.2) is 32.7 Å². The first-order chi connectivity index (χ1) is 12.0. The Morgan fingerprint density at radius 1 is 1.44 bits per heavy atom. The number of amidine groups is 1. The fraction of sp³-hybridized carbons (Fsp3) is 0.353. The van der Waals surface area contributed by atoms with Crippen LogP contribution < -0.4 is 11.3 Å². The first-order valence-electron chi connectivity index (χ1n) is 8.01. The van der Waals surface area contributed by atoms with Gasteiger partial charge in [-0.1, -0.05) is 31.7 Å². The van der Waals surface area contributed by atoms with Crippen LogP contribution in [0.3, 0.4) is 0 Å². The molecule has 3 aromatic rings. The molecule has 3 N–H and O–H groups in total. The lowest BCUT2D eigenvalue weighted by molar-refractivity contribution is 0.597. The topological polar surface area (TPSA) is 84.1 Å². The quantitative estimate of drug-likeness (QED) is 0.484.